The third-order valence-corrected chi connectivity index (χ3v) is 6.10. The van der Waals surface area contributed by atoms with Gasteiger partial charge in [-0.25, -0.2) is 0 Å². The molecule has 3 nitrogen and oxygen atoms in total. The van der Waals surface area contributed by atoms with Crippen molar-refractivity contribution in [2.24, 2.45) is 17.3 Å². The summed E-state index contributed by atoms with van der Waals surface area (Å²) in [5.74, 6) is 1.45. The molecule has 0 radical (unpaired) electrons. The predicted molar refractivity (Wildman–Crippen MR) is 68.6 cm³/mol. The first kappa shape index (κ1) is 12.2. The van der Waals surface area contributed by atoms with E-state index >= 15 is 0 Å². The zero-order valence-electron chi connectivity index (χ0n) is 10.7. The minimum atomic E-state index is -3.59. The van der Waals surface area contributed by atoms with E-state index in [-0.39, 0.29) is 10.3 Å². The van der Waals surface area contributed by atoms with Crippen LogP contribution in [0.1, 0.15) is 25.3 Å². The summed E-state index contributed by atoms with van der Waals surface area (Å²) in [5.41, 5.74) is 1.20. The Balaban J connectivity index is 1.69. The van der Waals surface area contributed by atoms with Gasteiger partial charge in [-0.2, -0.15) is 8.42 Å². The van der Waals surface area contributed by atoms with E-state index in [9.17, 15) is 8.42 Å². The molecule has 0 spiro atoms. The maximum atomic E-state index is 12.0. The van der Waals surface area contributed by atoms with Gasteiger partial charge in [0.25, 0.3) is 10.1 Å². The smallest absolute Gasteiger partial charge is 0.266 e. The zero-order chi connectivity index (χ0) is 13.0. The highest BCUT2D eigenvalue weighted by molar-refractivity contribution is 7.86. The Bertz CT molecular complexity index is 553. The second-order valence-corrected chi connectivity index (χ2v) is 7.46. The van der Waals surface area contributed by atoms with Crippen LogP contribution in [0, 0.1) is 24.2 Å². The van der Waals surface area contributed by atoms with Crippen LogP contribution < -0.4 is 0 Å². The number of hydrogen-bond donors (Lipinski definition) is 0. The normalized spacial score (nSPS) is 33.7. The Labute approximate surface area is 108 Å². The highest BCUT2D eigenvalue weighted by atomic mass is 32.2. The molecule has 18 heavy (non-hydrogen) atoms. The maximum absolute atomic E-state index is 12.0. The van der Waals surface area contributed by atoms with Gasteiger partial charge >= 0.3 is 0 Å². The lowest BCUT2D eigenvalue weighted by Crippen LogP contribution is -2.62. The summed E-state index contributed by atoms with van der Waals surface area (Å²) in [7, 11) is -3.59. The van der Waals surface area contributed by atoms with E-state index in [1.165, 1.54) is 0 Å². The Morgan fingerprint density at radius 2 is 1.89 bits per heavy atom. The van der Waals surface area contributed by atoms with Crippen molar-refractivity contribution >= 4 is 10.1 Å². The second-order valence-electron chi connectivity index (χ2n) is 5.85. The minimum absolute atomic E-state index is 0.155. The summed E-state index contributed by atoms with van der Waals surface area (Å²) < 4.78 is 29.3. The monoisotopic (exact) mass is 266 g/mol. The Kier molecular flexibility index (Phi) is 2.58. The summed E-state index contributed by atoms with van der Waals surface area (Å²) in [4.78, 5) is 0.257. The third-order valence-electron chi connectivity index (χ3n) is 4.82. The van der Waals surface area contributed by atoms with Crippen LogP contribution >= 0.6 is 0 Å². The van der Waals surface area contributed by atoms with Crippen molar-refractivity contribution in [3.8, 4) is 0 Å². The molecule has 0 N–H and O–H groups in total. The lowest BCUT2D eigenvalue weighted by molar-refractivity contribution is -0.197. The van der Waals surface area contributed by atoms with Gasteiger partial charge in [-0.05, 0) is 49.1 Å². The summed E-state index contributed by atoms with van der Waals surface area (Å²) in [6.07, 6.45) is 2.27. The molecule has 1 atom stereocenters. The number of benzene rings is 1. The molecule has 3 aliphatic rings. The van der Waals surface area contributed by atoms with Gasteiger partial charge in [0, 0.05) is 0 Å². The third kappa shape index (κ3) is 1.70. The molecule has 1 unspecified atom stereocenters. The molecule has 3 aliphatic carbocycles. The summed E-state index contributed by atoms with van der Waals surface area (Å²) in [6.45, 7) is 4.47. The fourth-order valence-corrected chi connectivity index (χ4v) is 4.10. The summed E-state index contributed by atoms with van der Waals surface area (Å²) in [5, 5.41) is 0. The fraction of sp³-hybridized carbons (Fsp3) is 0.571. The van der Waals surface area contributed by atoms with E-state index in [1.807, 2.05) is 6.92 Å². The quantitative estimate of drug-likeness (QED) is 0.787. The van der Waals surface area contributed by atoms with E-state index in [0.29, 0.717) is 12.5 Å². The van der Waals surface area contributed by atoms with E-state index in [2.05, 4.69) is 6.92 Å². The lowest BCUT2D eigenvalue weighted by Gasteiger charge is -2.67. The van der Waals surface area contributed by atoms with Crippen molar-refractivity contribution in [3.05, 3.63) is 29.8 Å². The van der Waals surface area contributed by atoms with Crippen molar-refractivity contribution < 1.29 is 12.6 Å². The average molecular weight is 266 g/mol. The van der Waals surface area contributed by atoms with Crippen LogP contribution in [0.2, 0.25) is 0 Å². The molecule has 4 heteroatoms. The van der Waals surface area contributed by atoms with Crippen LogP contribution in [-0.4, -0.2) is 15.0 Å². The molecule has 1 aromatic rings. The number of hydrogen-bond acceptors (Lipinski definition) is 3. The highest BCUT2D eigenvalue weighted by Crippen LogP contribution is 2.68. The van der Waals surface area contributed by atoms with Crippen molar-refractivity contribution in [2.45, 2.75) is 31.6 Å². The molecule has 0 aliphatic heterocycles. The highest BCUT2D eigenvalue weighted by Gasteiger charge is 2.63. The molecule has 0 heterocycles. The van der Waals surface area contributed by atoms with Gasteiger partial charge in [-0.1, -0.05) is 24.6 Å². The maximum Gasteiger partial charge on any atom is 0.296 e. The standard InChI is InChI=1S/C14H18O3S/c1-10-3-5-13(6-4-10)18(15,16)17-9-14-7-12(8-14)11(14)2/h3-6,11-12H,7-9H2,1-2H3. The molecule has 0 amide bonds. The van der Waals surface area contributed by atoms with Gasteiger partial charge in [-0.15, -0.1) is 0 Å². The molecule has 2 bridgehead atoms. The van der Waals surface area contributed by atoms with Gasteiger partial charge in [-0.3, -0.25) is 4.18 Å². The molecule has 0 aromatic heterocycles. The van der Waals surface area contributed by atoms with Crippen LogP contribution in [0.3, 0.4) is 0 Å². The van der Waals surface area contributed by atoms with Crippen LogP contribution in [0.15, 0.2) is 29.2 Å². The number of aryl methyl sites for hydroxylation is 1. The van der Waals surface area contributed by atoms with Crippen molar-refractivity contribution in [1.29, 1.82) is 0 Å². The molecule has 1 aromatic carbocycles. The molecular formula is C14H18O3S. The lowest BCUT2D eigenvalue weighted by atomic mass is 9.38. The van der Waals surface area contributed by atoms with Gasteiger partial charge in [0.15, 0.2) is 0 Å². The van der Waals surface area contributed by atoms with E-state index in [4.69, 9.17) is 4.18 Å². The Hall–Kier alpha value is -0.870. The average Bonchev–Trinajstić information content (AvgIpc) is 2.27. The first-order valence-corrected chi connectivity index (χ1v) is 7.80. The fourth-order valence-electron chi connectivity index (χ4n) is 3.11. The van der Waals surface area contributed by atoms with Crippen LogP contribution in [-0.2, 0) is 14.3 Å². The predicted octanol–water partition coefficient (Wildman–Crippen LogP) is 2.75. The first-order chi connectivity index (χ1) is 8.43. The minimum Gasteiger partial charge on any atom is -0.266 e. The van der Waals surface area contributed by atoms with Gasteiger partial charge in [0.1, 0.15) is 0 Å². The zero-order valence-corrected chi connectivity index (χ0v) is 11.5. The van der Waals surface area contributed by atoms with Crippen molar-refractivity contribution in [1.82, 2.24) is 0 Å². The van der Waals surface area contributed by atoms with E-state index in [0.717, 1.165) is 24.3 Å². The van der Waals surface area contributed by atoms with Crippen molar-refractivity contribution in [3.63, 3.8) is 0 Å². The van der Waals surface area contributed by atoms with Crippen LogP contribution in [0.25, 0.3) is 0 Å². The van der Waals surface area contributed by atoms with Crippen LogP contribution in [0.4, 0.5) is 0 Å². The topological polar surface area (TPSA) is 43.4 Å². The molecule has 3 saturated carbocycles. The Morgan fingerprint density at radius 3 is 2.33 bits per heavy atom. The second kappa shape index (κ2) is 3.81. The Morgan fingerprint density at radius 1 is 1.28 bits per heavy atom. The van der Waals surface area contributed by atoms with Gasteiger partial charge < -0.3 is 0 Å². The van der Waals surface area contributed by atoms with Gasteiger partial charge in [0.05, 0.1) is 11.5 Å². The SMILES string of the molecule is Cc1ccc(S(=O)(=O)OCC23CC(C2)C3C)cc1. The summed E-state index contributed by atoms with van der Waals surface area (Å²) in [6, 6.07) is 6.80. The molecule has 0 saturated heterocycles. The largest absolute Gasteiger partial charge is 0.296 e. The first-order valence-electron chi connectivity index (χ1n) is 6.39. The molecule has 3 fully saturated rings. The van der Waals surface area contributed by atoms with Gasteiger partial charge in [0.2, 0.25) is 0 Å². The van der Waals surface area contributed by atoms with Crippen LogP contribution in [0.5, 0.6) is 0 Å². The van der Waals surface area contributed by atoms with Crippen molar-refractivity contribution in [2.75, 3.05) is 6.61 Å². The number of rotatable bonds is 4. The molecule has 98 valence electrons. The van der Waals surface area contributed by atoms with E-state index in [1.54, 1.807) is 24.3 Å². The molecular weight excluding hydrogens is 248 g/mol. The summed E-state index contributed by atoms with van der Waals surface area (Å²) >= 11 is 0. The van der Waals surface area contributed by atoms with E-state index < -0.39 is 10.1 Å². The molecule has 4 rings (SSSR count).